The van der Waals surface area contributed by atoms with Gasteiger partial charge in [-0.3, -0.25) is 9.59 Å². The first-order valence-corrected chi connectivity index (χ1v) is 5.31. The number of unbranched alkanes of at least 4 members (excludes halogenated alkanes) is 1. The number of methoxy groups -OCH3 is 1. The highest BCUT2D eigenvalue weighted by molar-refractivity contribution is 5.82. The summed E-state index contributed by atoms with van der Waals surface area (Å²) in [5.74, 6) is -0.896. The second-order valence-corrected chi connectivity index (χ2v) is 3.28. The summed E-state index contributed by atoms with van der Waals surface area (Å²) in [6.07, 6.45) is 3.94. The van der Waals surface area contributed by atoms with Gasteiger partial charge in [-0.1, -0.05) is 25.5 Å². The average molecular weight is 229 g/mol. The molecule has 1 atom stereocenters. The molecule has 0 fully saturated rings. The molecule has 0 saturated heterocycles. The Morgan fingerprint density at radius 1 is 1.50 bits per heavy atom. The van der Waals surface area contributed by atoms with E-state index in [0.29, 0.717) is 0 Å². The van der Waals surface area contributed by atoms with Crippen molar-refractivity contribution in [2.75, 3.05) is 13.7 Å². The van der Waals surface area contributed by atoms with Crippen LogP contribution < -0.4 is 5.32 Å². The number of hydrogen-bond acceptors (Lipinski definition) is 4. The number of esters is 1. The van der Waals surface area contributed by atoms with E-state index in [2.05, 4.69) is 10.1 Å². The zero-order chi connectivity index (χ0) is 12.4. The van der Waals surface area contributed by atoms with Crippen LogP contribution in [0, 0.1) is 0 Å². The van der Waals surface area contributed by atoms with Gasteiger partial charge < -0.3 is 15.2 Å². The van der Waals surface area contributed by atoms with Gasteiger partial charge in [0.1, 0.15) is 0 Å². The molecular weight excluding hydrogens is 210 g/mol. The Morgan fingerprint density at radius 3 is 2.75 bits per heavy atom. The Kier molecular flexibility index (Phi) is 8.15. The normalized spacial score (nSPS) is 12.4. The molecule has 5 heteroatoms. The molecule has 0 spiro atoms. The summed E-state index contributed by atoms with van der Waals surface area (Å²) in [6.45, 7) is 2.18. The molecule has 1 unspecified atom stereocenters. The Morgan fingerprint density at radius 2 is 2.19 bits per heavy atom. The molecule has 2 N–H and O–H groups in total. The maximum atomic E-state index is 11.2. The lowest BCUT2D eigenvalue weighted by molar-refractivity contribution is -0.140. The molecule has 1 amide bonds. The first-order valence-electron chi connectivity index (χ1n) is 5.31. The highest BCUT2D eigenvalue weighted by atomic mass is 16.5. The second-order valence-electron chi connectivity index (χ2n) is 3.28. The van der Waals surface area contributed by atoms with E-state index in [1.807, 2.05) is 6.92 Å². The molecule has 0 aliphatic carbocycles. The van der Waals surface area contributed by atoms with Crippen LogP contribution in [0.4, 0.5) is 0 Å². The van der Waals surface area contributed by atoms with Crippen LogP contribution >= 0.6 is 0 Å². The van der Waals surface area contributed by atoms with E-state index >= 15 is 0 Å². The van der Waals surface area contributed by atoms with Crippen molar-refractivity contribution in [3.05, 3.63) is 12.2 Å². The molecule has 92 valence electrons. The molecule has 0 aromatic rings. The smallest absolute Gasteiger partial charge is 0.307 e. The van der Waals surface area contributed by atoms with Crippen molar-refractivity contribution in [1.82, 2.24) is 5.32 Å². The van der Waals surface area contributed by atoms with Gasteiger partial charge in [-0.05, 0) is 6.42 Å². The quantitative estimate of drug-likeness (QED) is 0.489. The first-order chi connectivity index (χ1) is 7.61. The van der Waals surface area contributed by atoms with E-state index in [-0.39, 0.29) is 13.0 Å². The van der Waals surface area contributed by atoms with E-state index in [4.69, 9.17) is 0 Å². The van der Waals surface area contributed by atoms with E-state index < -0.39 is 18.0 Å². The van der Waals surface area contributed by atoms with E-state index in [0.717, 1.165) is 12.8 Å². The predicted molar refractivity (Wildman–Crippen MR) is 59.7 cm³/mol. The number of carbonyl (C=O) groups is 2. The SMILES string of the molecule is CCC/C=C/C(O)C(=O)NCCC(=O)OC. The van der Waals surface area contributed by atoms with Crippen LogP contribution in [0.5, 0.6) is 0 Å². The van der Waals surface area contributed by atoms with Gasteiger partial charge >= 0.3 is 5.97 Å². The Labute approximate surface area is 95.5 Å². The van der Waals surface area contributed by atoms with Gasteiger partial charge in [0.2, 0.25) is 0 Å². The number of aliphatic hydroxyl groups is 1. The fourth-order valence-corrected chi connectivity index (χ4v) is 0.974. The summed E-state index contributed by atoms with van der Waals surface area (Å²) < 4.78 is 4.41. The van der Waals surface area contributed by atoms with E-state index in [9.17, 15) is 14.7 Å². The number of allylic oxidation sites excluding steroid dienone is 1. The van der Waals surface area contributed by atoms with Crippen LogP contribution in [-0.2, 0) is 14.3 Å². The van der Waals surface area contributed by atoms with Crippen molar-refractivity contribution >= 4 is 11.9 Å². The van der Waals surface area contributed by atoms with Gasteiger partial charge in [-0.25, -0.2) is 0 Å². The zero-order valence-corrected chi connectivity index (χ0v) is 9.73. The highest BCUT2D eigenvalue weighted by Gasteiger charge is 2.10. The number of rotatable bonds is 7. The van der Waals surface area contributed by atoms with Crippen molar-refractivity contribution in [3.8, 4) is 0 Å². The van der Waals surface area contributed by atoms with Crippen LogP contribution in [0.3, 0.4) is 0 Å². The third kappa shape index (κ3) is 7.00. The molecule has 0 saturated carbocycles. The minimum absolute atomic E-state index is 0.105. The van der Waals surface area contributed by atoms with Crippen LogP contribution in [0.2, 0.25) is 0 Å². The molecule has 0 aromatic heterocycles. The number of aliphatic hydroxyl groups excluding tert-OH is 1. The number of hydrogen-bond donors (Lipinski definition) is 2. The lowest BCUT2D eigenvalue weighted by atomic mass is 10.2. The molecule has 0 aliphatic heterocycles. The predicted octanol–water partition coefficient (Wildman–Crippen LogP) is 0.383. The fraction of sp³-hybridized carbons (Fsp3) is 0.636. The van der Waals surface area contributed by atoms with Crippen molar-refractivity contribution in [2.24, 2.45) is 0 Å². The summed E-state index contributed by atoms with van der Waals surface area (Å²) >= 11 is 0. The molecule has 0 aliphatic rings. The summed E-state index contributed by atoms with van der Waals surface area (Å²) in [4.78, 5) is 22.0. The van der Waals surface area contributed by atoms with Gasteiger partial charge in [0.05, 0.1) is 13.5 Å². The number of amides is 1. The third-order valence-electron chi connectivity index (χ3n) is 1.90. The maximum Gasteiger partial charge on any atom is 0.307 e. The summed E-state index contributed by atoms with van der Waals surface area (Å²) in [5, 5.41) is 11.8. The van der Waals surface area contributed by atoms with Crippen molar-refractivity contribution in [3.63, 3.8) is 0 Å². The Bertz CT molecular complexity index is 250. The number of nitrogens with one attached hydrogen (secondary N) is 1. The van der Waals surface area contributed by atoms with Crippen LogP contribution in [0.25, 0.3) is 0 Å². The molecule has 16 heavy (non-hydrogen) atoms. The first kappa shape index (κ1) is 14.6. The van der Waals surface area contributed by atoms with Crippen LogP contribution in [0.15, 0.2) is 12.2 Å². The van der Waals surface area contributed by atoms with Gasteiger partial charge in [0.15, 0.2) is 6.10 Å². The molecule has 0 heterocycles. The van der Waals surface area contributed by atoms with Gasteiger partial charge in [0, 0.05) is 6.54 Å². The molecule has 0 radical (unpaired) electrons. The summed E-state index contributed by atoms with van der Waals surface area (Å²) in [6, 6.07) is 0. The minimum Gasteiger partial charge on any atom is -0.469 e. The van der Waals surface area contributed by atoms with E-state index in [1.54, 1.807) is 6.08 Å². The van der Waals surface area contributed by atoms with Crippen molar-refractivity contribution in [2.45, 2.75) is 32.3 Å². The fourth-order valence-electron chi connectivity index (χ4n) is 0.974. The number of ether oxygens (including phenoxy) is 1. The van der Waals surface area contributed by atoms with Crippen LogP contribution in [0.1, 0.15) is 26.2 Å². The largest absolute Gasteiger partial charge is 0.469 e. The molecule has 0 bridgehead atoms. The third-order valence-corrected chi connectivity index (χ3v) is 1.90. The summed E-state index contributed by atoms with van der Waals surface area (Å²) in [7, 11) is 1.28. The average Bonchev–Trinajstić information content (AvgIpc) is 2.28. The molecule has 5 nitrogen and oxygen atoms in total. The maximum absolute atomic E-state index is 11.2. The lowest BCUT2D eigenvalue weighted by Crippen LogP contribution is -2.34. The second kappa shape index (κ2) is 8.91. The Balaban J connectivity index is 3.75. The zero-order valence-electron chi connectivity index (χ0n) is 9.73. The number of carbonyl (C=O) groups excluding carboxylic acids is 2. The van der Waals surface area contributed by atoms with Gasteiger partial charge in [-0.15, -0.1) is 0 Å². The molecular formula is C11H19NO4. The molecule has 0 rings (SSSR count). The molecule has 0 aromatic carbocycles. The lowest BCUT2D eigenvalue weighted by Gasteiger charge is -2.06. The van der Waals surface area contributed by atoms with Gasteiger partial charge in [-0.2, -0.15) is 0 Å². The minimum atomic E-state index is -1.15. The topological polar surface area (TPSA) is 75.6 Å². The summed E-state index contributed by atoms with van der Waals surface area (Å²) in [5.41, 5.74) is 0. The standard InChI is InChI=1S/C11H19NO4/c1-3-4-5-6-9(13)11(15)12-8-7-10(14)16-2/h5-6,9,13H,3-4,7-8H2,1-2H3,(H,12,15)/b6-5+. The van der Waals surface area contributed by atoms with Gasteiger partial charge in [0.25, 0.3) is 5.91 Å². The van der Waals surface area contributed by atoms with Crippen molar-refractivity contribution in [1.29, 1.82) is 0 Å². The monoisotopic (exact) mass is 229 g/mol. The van der Waals surface area contributed by atoms with Crippen molar-refractivity contribution < 1.29 is 19.4 Å². The van der Waals surface area contributed by atoms with Crippen LogP contribution in [-0.4, -0.2) is 36.7 Å². The van der Waals surface area contributed by atoms with E-state index in [1.165, 1.54) is 13.2 Å². The Hall–Kier alpha value is -1.36. The highest BCUT2D eigenvalue weighted by Crippen LogP contribution is 1.93.